The molecule has 0 aliphatic carbocycles. The highest BCUT2D eigenvalue weighted by atomic mass is 16.4. The van der Waals surface area contributed by atoms with Crippen LogP contribution in [0, 0.1) is 5.92 Å². The molecule has 1 atom stereocenters. The lowest BCUT2D eigenvalue weighted by Crippen LogP contribution is -2.34. The number of anilines is 1. The predicted octanol–water partition coefficient (Wildman–Crippen LogP) is 3.57. The molecule has 2 rings (SSSR count). The Morgan fingerprint density at radius 3 is 2.95 bits per heavy atom. The van der Waals surface area contributed by atoms with Crippen LogP contribution < -0.4 is 4.90 Å². The van der Waals surface area contributed by atoms with Gasteiger partial charge >= 0.3 is 5.97 Å². The molecule has 1 heterocycles. The van der Waals surface area contributed by atoms with Gasteiger partial charge in [0.25, 0.3) is 0 Å². The van der Waals surface area contributed by atoms with Crippen LogP contribution in [0.2, 0.25) is 0 Å². The summed E-state index contributed by atoms with van der Waals surface area (Å²) in [5.41, 5.74) is 2.63. The van der Waals surface area contributed by atoms with Crippen LogP contribution in [0.3, 0.4) is 0 Å². The van der Waals surface area contributed by atoms with Crippen LogP contribution in [0.1, 0.15) is 49.0 Å². The van der Waals surface area contributed by atoms with Gasteiger partial charge in [-0.2, -0.15) is 0 Å². The van der Waals surface area contributed by atoms with E-state index in [-0.39, 0.29) is 0 Å². The van der Waals surface area contributed by atoms with E-state index in [4.69, 9.17) is 0 Å². The maximum atomic E-state index is 11.3. The second-order valence-electron chi connectivity index (χ2n) is 5.55. The van der Waals surface area contributed by atoms with Crippen LogP contribution in [-0.4, -0.2) is 24.2 Å². The molecular weight excluding hydrogens is 238 g/mol. The van der Waals surface area contributed by atoms with Gasteiger partial charge in [0.1, 0.15) is 0 Å². The number of fused-ring (bicyclic) bond motifs is 1. The molecule has 0 spiro atoms. The van der Waals surface area contributed by atoms with Crippen molar-refractivity contribution in [3.05, 3.63) is 29.3 Å². The first-order valence-corrected chi connectivity index (χ1v) is 7.23. The van der Waals surface area contributed by atoms with Gasteiger partial charge in [0.2, 0.25) is 0 Å². The molecule has 0 bridgehead atoms. The number of carboxylic acids is 1. The van der Waals surface area contributed by atoms with E-state index in [1.807, 2.05) is 6.07 Å². The summed E-state index contributed by atoms with van der Waals surface area (Å²) < 4.78 is 0. The summed E-state index contributed by atoms with van der Waals surface area (Å²) in [6.45, 7) is 6.57. The standard InChI is InChI=1S/C16H23NO2/c1-3-6-12(2)11-17-10-5-8-13-14(16(18)19)7-4-9-15(13)17/h4,7,9,12H,3,5-6,8,10-11H2,1-2H3,(H,18,19). The molecule has 0 saturated carbocycles. The Morgan fingerprint density at radius 2 is 2.26 bits per heavy atom. The molecule has 1 aromatic rings. The zero-order valence-electron chi connectivity index (χ0n) is 11.9. The predicted molar refractivity (Wildman–Crippen MR) is 78.0 cm³/mol. The lowest BCUT2D eigenvalue weighted by atomic mass is 9.95. The number of hydrogen-bond acceptors (Lipinski definition) is 2. The van der Waals surface area contributed by atoms with Gasteiger partial charge in [-0.3, -0.25) is 0 Å². The summed E-state index contributed by atoms with van der Waals surface area (Å²) >= 11 is 0. The molecule has 1 unspecified atom stereocenters. The molecule has 0 saturated heterocycles. The van der Waals surface area contributed by atoms with E-state index in [1.165, 1.54) is 12.8 Å². The van der Waals surface area contributed by atoms with Crippen LogP contribution in [0.5, 0.6) is 0 Å². The molecular formula is C16H23NO2. The van der Waals surface area contributed by atoms with Gasteiger partial charge in [0, 0.05) is 18.8 Å². The van der Waals surface area contributed by atoms with Gasteiger partial charge in [-0.05, 0) is 42.9 Å². The maximum Gasteiger partial charge on any atom is 0.336 e. The Balaban J connectivity index is 2.24. The second-order valence-corrected chi connectivity index (χ2v) is 5.55. The van der Waals surface area contributed by atoms with Crippen molar-refractivity contribution >= 4 is 11.7 Å². The van der Waals surface area contributed by atoms with Gasteiger partial charge in [0.05, 0.1) is 5.56 Å². The molecule has 1 aliphatic rings. The fourth-order valence-corrected chi connectivity index (χ4v) is 3.05. The van der Waals surface area contributed by atoms with Crippen LogP contribution in [0.4, 0.5) is 5.69 Å². The maximum absolute atomic E-state index is 11.3. The second kappa shape index (κ2) is 6.09. The van der Waals surface area contributed by atoms with Crippen molar-refractivity contribution in [1.29, 1.82) is 0 Å². The van der Waals surface area contributed by atoms with E-state index >= 15 is 0 Å². The number of hydrogen-bond donors (Lipinski definition) is 1. The smallest absolute Gasteiger partial charge is 0.336 e. The fraction of sp³-hybridized carbons (Fsp3) is 0.562. The molecule has 1 aromatic carbocycles. The molecule has 0 radical (unpaired) electrons. The average Bonchev–Trinajstić information content (AvgIpc) is 2.38. The number of rotatable bonds is 5. The highest BCUT2D eigenvalue weighted by molar-refractivity contribution is 5.91. The number of aromatic carboxylic acids is 1. The summed E-state index contributed by atoms with van der Waals surface area (Å²) in [4.78, 5) is 13.7. The van der Waals surface area contributed by atoms with Crippen LogP contribution >= 0.6 is 0 Å². The molecule has 1 N–H and O–H groups in total. The number of carbonyl (C=O) groups is 1. The topological polar surface area (TPSA) is 40.5 Å². The number of carboxylic acid groups (broad SMARTS) is 1. The summed E-state index contributed by atoms with van der Waals surface area (Å²) in [6.07, 6.45) is 4.37. The van der Waals surface area contributed by atoms with Crippen molar-refractivity contribution in [2.75, 3.05) is 18.0 Å². The van der Waals surface area contributed by atoms with E-state index in [9.17, 15) is 9.90 Å². The molecule has 0 fully saturated rings. The van der Waals surface area contributed by atoms with Crippen molar-refractivity contribution < 1.29 is 9.90 Å². The van der Waals surface area contributed by atoms with E-state index in [0.717, 1.165) is 37.2 Å². The SMILES string of the molecule is CCCC(C)CN1CCCc2c(C(=O)O)cccc21. The molecule has 0 aromatic heterocycles. The number of nitrogens with zero attached hydrogens (tertiary/aromatic N) is 1. The van der Waals surface area contributed by atoms with Crippen molar-refractivity contribution in [3.63, 3.8) is 0 Å². The van der Waals surface area contributed by atoms with Crippen molar-refractivity contribution in [1.82, 2.24) is 0 Å². The molecule has 0 amide bonds. The van der Waals surface area contributed by atoms with Gasteiger partial charge in [0.15, 0.2) is 0 Å². The van der Waals surface area contributed by atoms with Crippen LogP contribution in [0.15, 0.2) is 18.2 Å². The van der Waals surface area contributed by atoms with Gasteiger partial charge in [-0.15, -0.1) is 0 Å². The quantitative estimate of drug-likeness (QED) is 0.880. The number of benzene rings is 1. The Bertz CT molecular complexity index is 456. The zero-order chi connectivity index (χ0) is 13.8. The van der Waals surface area contributed by atoms with Gasteiger partial charge < -0.3 is 10.0 Å². The Hall–Kier alpha value is -1.51. The minimum absolute atomic E-state index is 0.477. The molecule has 3 nitrogen and oxygen atoms in total. The third kappa shape index (κ3) is 3.09. The third-order valence-corrected chi connectivity index (χ3v) is 3.89. The first-order valence-electron chi connectivity index (χ1n) is 7.23. The summed E-state index contributed by atoms with van der Waals surface area (Å²) in [7, 11) is 0. The monoisotopic (exact) mass is 261 g/mol. The first-order chi connectivity index (χ1) is 9.13. The van der Waals surface area contributed by atoms with Crippen LogP contribution in [0.25, 0.3) is 0 Å². The minimum Gasteiger partial charge on any atom is -0.478 e. The largest absolute Gasteiger partial charge is 0.478 e. The highest BCUT2D eigenvalue weighted by Gasteiger charge is 2.22. The Labute approximate surface area is 115 Å². The van der Waals surface area contributed by atoms with Crippen molar-refractivity contribution in [3.8, 4) is 0 Å². The Kier molecular flexibility index (Phi) is 4.46. The van der Waals surface area contributed by atoms with E-state index in [0.29, 0.717) is 11.5 Å². The normalized spacial score (nSPS) is 16.0. The average molecular weight is 261 g/mol. The highest BCUT2D eigenvalue weighted by Crippen LogP contribution is 2.30. The lowest BCUT2D eigenvalue weighted by molar-refractivity contribution is 0.0695. The molecule has 19 heavy (non-hydrogen) atoms. The van der Waals surface area contributed by atoms with Crippen molar-refractivity contribution in [2.45, 2.75) is 39.5 Å². The summed E-state index contributed by atoms with van der Waals surface area (Å²) in [6, 6.07) is 5.66. The van der Waals surface area contributed by atoms with E-state index < -0.39 is 5.97 Å². The van der Waals surface area contributed by atoms with Crippen LogP contribution in [-0.2, 0) is 6.42 Å². The summed E-state index contributed by atoms with van der Waals surface area (Å²) in [5, 5.41) is 9.27. The minimum atomic E-state index is -0.805. The zero-order valence-corrected chi connectivity index (χ0v) is 11.9. The first kappa shape index (κ1) is 13.9. The van der Waals surface area contributed by atoms with E-state index in [1.54, 1.807) is 6.07 Å². The summed E-state index contributed by atoms with van der Waals surface area (Å²) in [5.74, 6) is -0.148. The fourth-order valence-electron chi connectivity index (χ4n) is 3.05. The molecule has 3 heteroatoms. The molecule has 1 aliphatic heterocycles. The molecule has 104 valence electrons. The Morgan fingerprint density at radius 1 is 1.47 bits per heavy atom. The van der Waals surface area contributed by atoms with Gasteiger partial charge in [-0.1, -0.05) is 26.3 Å². The van der Waals surface area contributed by atoms with Gasteiger partial charge in [-0.25, -0.2) is 4.79 Å². The lowest BCUT2D eigenvalue weighted by Gasteiger charge is -2.34. The van der Waals surface area contributed by atoms with E-state index in [2.05, 4.69) is 24.8 Å². The van der Waals surface area contributed by atoms with Crippen molar-refractivity contribution in [2.24, 2.45) is 5.92 Å². The third-order valence-electron chi connectivity index (χ3n) is 3.89.